The molecule has 0 bridgehead atoms. The number of hydrogen-bond donors (Lipinski definition) is 3. The zero-order chi connectivity index (χ0) is 15.2. The van der Waals surface area contributed by atoms with E-state index in [9.17, 15) is 19.1 Å². The van der Waals surface area contributed by atoms with E-state index < -0.39 is 23.2 Å². The summed E-state index contributed by atoms with van der Waals surface area (Å²) >= 11 is 0. The van der Waals surface area contributed by atoms with E-state index in [1.807, 2.05) is 0 Å². The second kappa shape index (κ2) is 7.00. The van der Waals surface area contributed by atoms with Crippen molar-refractivity contribution >= 4 is 11.8 Å². The van der Waals surface area contributed by atoms with Gasteiger partial charge in [-0.05, 0) is 25.5 Å². The Morgan fingerprint density at radius 2 is 1.95 bits per heavy atom. The Kier molecular flexibility index (Phi) is 5.64. The molecule has 1 aromatic carbocycles. The molecule has 0 heterocycles. The molecule has 0 radical (unpaired) electrons. The van der Waals surface area contributed by atoms with E-state index in [4.69, 9.17) is 0 Å². The highest BCUT2D eigenvalue weighted by Gasteiger charge is 2.18. The summed E-state index contributed by atoms with van der Waals surface area (Å²) in [6.07, 6.45) is 0.495. The fourth-order valence-electron chi connectivity index (χ4n) is 1.38. The van der Waals surface area contributed by atoms with Crippen LogP contribution < -0.4 is 10.6 Å². The molecule has 5 nitrogen and oxygen atoms in total. The summed E-state index contributed by atoms with van der Waals surface area (Å²) in [6.45, 7) is 3.22. The molecule has 1 aromatic rings. The van der Waals surface area contributed by atoms with Gasteiger partial charge in [0.25, 0.3) is 5.91 Å². The zero-order valence-electron chi connectivity index (χ0n) is 11.6. The van der Waals surface area contributed by atoms with E-state index in [1.54, 1.807) is 13.8 Å². The Morgan fingerprint density at radius 3 is 2.55 bits per heavy atom. The van der Waals surface area contributed by atoms with Crippen LogP contribution in [0.4, 0.5) is 4.39 Å². The minimum atomic E-state index is -0.981. The number of aliphatic hydroxyl groups is 1. The maximum atomic E-state index is 13.3. The number of hydrogen-bond acceptors (Lipinski definition) is 3. The molecule has 3 N–H and O–H groups in total. The lowest BCUT2D eigenvalue weighted by atomic mass is 10.0. The van der Waals surface area contributed by atoms with Crippen molar-refractivity contribution in [1.82, 2.24) is 10.6 Å². The molecule has 2 amide bonds. The Hall–Kier alpha value is -1.95. The Bertz CT molecular complexity index is 489. The molecule has 0 saturated carbocycles. The summed E-state index contributed by atoms with van der Waals surface area (Å²) in [5, 5.41) is 14.5. The van der Waals surface area contributed by atoms with Gasteiger partial charge in [0.05, 0.1) is 17.7 Å². The van der Waals surface area contributed by atoms with E-state index in [1.165, 1.54) is 24.3 Å². The van der Waals surface area contributed by atoms with Gasteiger partial charge in [0, 0.05) is 6.54 Å². The summed E-state index contributed by atoms with van der Waals surface area (Å²) in [7, 11) is 0. The number of carbonyl (C=O) groups is 2. The number of rotatable bonds is 6. The molecule has 0 aromatic heterocycles. The van der Waals surface area contributed by atoms with Gasteiger partial charge in [-0.25, -0.2) is 4.39 Å². The fraction of sp³-hybridized carbons (Fsp3) is 0.429. The third kappa shape index (κ3) is 4.97. The molecule has 0 fully saturated rings. The van der Waals surface area contributed by atoms with Crippen LogP contribution in [0.5, 0.6) is 0 Å². The predicted octanol–water partition coefficient (Wildman–Crippen LogP) is 0.833. The summed E-state index contributed by atoms with van der Waals surface area (Å²) in [6, 6.07) is 5.53. The van der Waals surface area contributed by atoms with Crippen LogP contribution in [0.3, 0.4) is 0 Å². The number of carbonyl (C=O) groups excluding carboxylic acids is 2. The lowest BCUT2D eigenvalue weighted by Crippen LogP contribution is -2.44. The van der Waals surface area contributed by atoms with Crippen LogP contribution in [0.1, 0.15) is 30.6 Å². The second-order valence-electron chi connectivity index (χ2n) is 4.79. The molecule has 1 unspecified atom stereocenters. The summed E-state index contributed by atoms with van der Waals surface area (Å²) < 4.78 is 13.3. The molecule has 0 saturated heterocycles. The van der Waals surface area contributed by atoms with E-state index in [0.29, 0.717) is 6.42 Å². The Balaban J connectivity index is 2.42. The maximum Gasteiger partial charge on any atom is 0.254 e. The highest BCUT2D eigenvalue weighted by atomic mass is 19.1. The van der Waals surface area contributed by atoms with Gasteiger partial charge in [0.2, 0.25) is 5.91 Å². The van der Waals surface area contributed by atoms with E-state index >= 15 is 0 Å². The van der Waals surface area contributed by atoms with Crippen molar-refractivity contribution < 1.29 is 19.1 Å². The molecular weight excluding hydrogens is 263 g/mol. The van der Waals surface area contributed by atoms with Gasteiger partial charge < -0.3 is 15.7 Å². The smallest absolute Gasteiger partial charge is 0.254 e. The summed E-state index contributed by atoms with van der Waals surface area (Å²) in [5.41, 5.74) is -1.09. The van der Waals surface area contributed by atoms with Gasteiger partial charge in [0.15, 0.2) is 0 Å². The molecule has 1 rings (SSSR count). The van der Waals surface area contributed by atoms with Crippen molar-refractivity contribution in [2.24, 2.45) is 0 Å². The quantitative estimate of drug-likeness (QED) is 0.723. The first-order chi connectivity index (χ1) is 9.35. The zero-order valence-corrected chi connectivity index (χ0v) is 11.6. The van der Waals surface area contributed by atoms with E-state index in [0.717, 1.165) is 0 Å². The normalized spacial score (nSPS) is 13.4. The lowest BCUT2D eigenvalue weighted by molar-refractivity contribution is -0.121. The maximum absolute atomic E-state index is 13.3. The second-order valence-corrected chi connectivity index (χ2v) is 4.79. The molecule has 0 aliphatic rings. The van der Waals surface area contributed by atoms with Gasteiger partial charge in [0.1, 0.15) is 5.82 Å². The van der Waals surface area contributed by atoms with E-state index in [2.05, 4.69) is 10.6 Å². The van der Waals surface area contributed by atoms with Crippen molar-refractivity contribution in [2.75, 3.05) is 13.1 Å². The standard InChI is InChI=1S/C14H19FN2O3/c1-3-14(2,20)9-17-12(18)8-16-13(19)10-6-4-5-7-11(10)15/h4-7,20H,3,8-9H2,1-2H3,(H,16,19)(H,17,18). The van der Waals surface area contributed by atoms with Crippen molar-refractivity contribution in [2.45, 2.75) is 25.9 Å². The molecule has 0 spiro atoms. The monoisotopic (exact) mass is 282 g/mol. The SMILES string of the molecule is CCC(C)(O)CNC(=O)CNC(=O)c1ccccc1F. The topological polar surface area (TPSA) is 78.4 Å². The summed E-state index contributed by atoms with van der Waals surface area (Å²) in [5.74, 6) is -1.73. The van der Waals surface area contributed by atoms with Crippen LogP contribution >= 0.6 is 0 Å². The molecular formula is C14H19FN2O3. The first kappa shape index (κ1) is 16.1. The van der Waals surface area contributed by atoms with Crippen LogP contribution in [0, 0.1) is 5.82 Å². The molecule has 0 aliphatic heterocycles. The van der Waals surface area contributed by atoms with Gasteiger partial charge >= 0.3 is 0 Å². The first-order valence-electron chi connectivity index (χ1n) is 6.37. The van der Waals surface area contributed by atoms with E-state index in [-0.39, 0.29) is 18.7 Å². The third-order valence-electron chi connectivity index (χ3n) is 2.96. The minimum absolute atomic E-state index is 0.0951. The number of amides is 2. The van der Waals surface area contributed by atoms with Gasteiger partial charge in [-0.2, -0.15) is 0 Å². The molecule has 6 heteroatoms. The Morgan fingerprint density at radius 1 is 1.30 bits per heavy atom. The lowest BCUT2D eigenvalue weighted by Gasteiger charge is -2.21. The van der Waals surface area contributed by atoms with Crippen LogP contribution in [-0.4, -0.2) is 35.6 Å². The van der Waals surface area contributed by atoms with Crippen LogP contribution in [0.25, 0.3) is 0 Å². The van der Waals surface area contributed by atoms with Crippen molar-refractivity contribution in [3.05, 3.63) is 35.6 Å². The highest BCUT2D eigenvalue weighted by Crippen LogP contribution is 2.06. The largest absolute Gasteiger partial charge is 0.388 e. The predicted molar refractivity (Wildman–Crippen MR) is 72.7 cm³/mol. The first-order valence-corrected chi connectivity index (χ1v) is 6.37. The van der Waals surface area contributed by atoms with Gasteiger partial charge in [-0.3, -0.25) is 9.59 Å². The van der Waals surface area contributed by atoms with Crippen LogP contribution in [-0.2, 0) is 4.79 Å². The van der Waals surface area contributed by atoms with Crippen LogP contribution in [0.15, 0.2) is 24.3 Å². The average Bonchev–Trinajstić information content (AvgIpc) is 2.43. The number of nitrogens with one attached hydrogen (secondary N) is 2. The molecule has 20 heavy (non-hydrogen) atoms. The average molecular weight is 282 g/mol. The van der Waals surface area contributed by atoms with Gasteiger partial charge in [-0.1, -0.05) is 19.1 Å². The van der Waals surface area contributed by atoms with Gasteiger partial charge in [-0.15, -0.1) is 0 Å². The number of halogens is 1. The minimum Gasteiger partial charge on any atom is -0.388 e. The highest BCUT2D eigenvalue weighted by molar-refractivity contribution is 5.96. The van der Waals surface area contributed by atoms with Crippen molar-refractivity contribution in [3.8, 4) is 0 Å². The Labute approximate surface area is 117 Å². The van der Waals surface area contributed by atoms with Crippen molar-refractivity contribution in [1.29, 1.82) is 0 Å². The molecule has 1 atom stereocenters. The summed E-state index contributed by atoms with van der Waals surface area (Å²) in [4.78, 5) is 23.1. The number of benzene rings is 1. The third-order valence-corrected chi connectivity index (χ3v) is 2.96. The molecule has 110 valence electrons. The fourth-order valence-corrected chi connectivity index (χ4v) is 1.38. The molecule has 0 aliphatic carbocycles. The van der Waals surface area contributed by atoms with Crippen molar-refractivity contribution in [3.63, 3.8) is 0 Å². The van der Waals surface area contributed by atoms with Crippen LogP contribution in [0.2, 0.25) is 0 Å².